The highest BCUT2D eigenvalue weighted by atomic mass is 16.5. The lowest BCUT2D eigenvalue weighted by Crippen LogP contribution is -2.43. The summed E-state index contributed by atoms with van der Waals surface area (Å²) in [5, 5.41) is 20.1. The number of benzene rings is 1. The molecule has 3 rings (SSSR count). The maximum absolute atomic E-state index is 12.6. The number of nitrogens with one attached hydrogen (secondary N) is 1. The average molecular weight is 359 g/mol. The van der Waals surface area contributed by atoms with Crippen LogP contribution in [0.3, 0.4) is 0 Å². The van der Waals surface area contributed by atoms with E-state index in [4.69, 9.17) is 9.84 Å². The van der Waals surface area contributed by atoms with E-state index in [-0.39, 0.29) is 12.6 Å². The number of carbonyl (C=O) groups is 1. The summed E-state index contributed by atoms with van der Waals surface area (Å²) < 4.78 is 7.09. The number of hydrogen-bond acceptors (Lipinski definition) is 5. The van der Waals surface area contributed by atoms with Gasteiger partial charge in [0, 0.05) is 38.9 Å². The van der Waals surface area contributed by atoms with Crippen LogP contribution in [-0.2, 0) is 13.0 Å². The summed E-state index contributed by atoms with van der Waals surface area (Å²) >= 11 is 0. The SMILES string of the molecule is COc1ccccc1NC(=O)N1CCCC(Cn2cc(CCO)nn2)C1. The Morgan fingerprint density at radius 3 is 3.08 bits per heavy atom. The number of methoxy groups -OCH3 is 1. The molecule has 1 aromatic heterocycles. The molecular weight excluding hydrogens is 334 g/mol. The van der Waals surface area contributed by atoms with Crippen LogP contribution in [0.15, 0.2) is 30.5 Å². The number of piperidine rings is 1. The molecule has 1 aromatic carbocycles. The maximum Gasteiger partial charge on any atom is 0.321 e. The molecule has 1 atom stereocenters. The molecular formula is C18H25N5O3. The fourth-order valence-electron chi connectivity index (χ4n) is 3.26. The van der Waals surface area contributed by atoms with Crippen LogP contribution in [0.4, 0.5) is 10.5 Å². The number of anilines is 1. The molecule has 0 aliphatic carbocycles. The number of para-hydroxylation sites is 2. The lowest BCUT2D eigenvalue weighted by Gasteiger charge is -2.32. The van der Waals surface area contributed by atoms with Gasteiger partial charge in [-0.15, -0.1) is 5.10 Å². The van der Waals surface area contributed by atoms with Crippen molar-refractivity contribution in [1.82, 2.24) is 19.9 Å². The van der Waals surface area contributed by atoms with Crippen molar-refractivity contribution < 1.29 is 14.6 Å². The first-order valence-corrected chi connectivity index (χ1v) is 8.88. The predicted molar refractivity (Wildman–Crippen MR) is 97.1 cm³/mol. The van der Waals surface area contributed by atoms with E-state index in [1.807, 2.05) is 35.4 Å². The third-order valence-electron chi connectivity index (χ3n) is 4.55. The van der Waals surface area contributed by atoms with Crippen molar-refractivity contribution in [2.75, 3.05) is 32.1 Å². The Hall–Kier alpha value is -2.61. The molecule has 0 spiro atoms. The first-order chi connectivity index (χ1) is 12.7. The minimum atomic E-state index is -0.112. The zero-order valence-corrected chi connectivity index (χ0v) is 15.0. The summed E-state index contributed by atoms with van der Waals surface area (Å²) in [6.45, 7) is 2.21. The van der Waals surface area contributed by atoms with Crippen LogP contribution in [0.25, 0.3) is 0 Å². The third kappa shape index (κ3) is 4.51. The molecule has 1 saturated heterocycles. The molecule has 2 N–H and O–H groups in total. The van der Waals surface area contributed by atoms with E-state index < -0.39 is 0 Å². The summed E-state index contributed by atoms with van der Waals surface area (Å²) in [5.41, 5.74) is 1.46. The van der Waals surface area contributed by atoms with Gasteiger partial charge in [-0.2, -0.15) is 0 Å². The highest BCUT2D eigenvalue weighted by molar-refractivity contribution is 5.91. The van der Waals surface area contributed by atoms with Crippen molar-refractivity contribution in [1.29, 1.82) is 0 Å². The van der Waals surface area contributed by atoms with E-state index in [0.717, 1.165) is 31.6 Å². The standard InChI is InChI=1S/C18H25N5O3/c1-26-17-7-3-2-6-16(17)19-18(25)22-9-4-5-14(11-22)12-23-13-15(8-10-24)20-21-23/h2-3,6-7,13-14,24H,4-5,8-12H2,1H3,(H,19,25). The Kier molecular flexibility index (Phi) is 6.06. The van der Waals surface area contributed by atoms with E-state index in [0.29, 0.717) is 30.3 Å². The fourth-order valence-corrected chi connectivity index (χ4v) is 3.26. The smallest absolute Gasteiger partial charge is 0.321 e. The predicted octanol–water partition coefficient (Wildman–Crippen LogP) is 1.77. The van der Waals surface area contributed by atoms with E-state index in [9.17, 15) is 4.79 Å². The van der Waals surface area contributed by atoms with Gasteiger partial charge in [-0.3, -0.25) is 4.68 Å². The van der Waals surface area contributed by atoms with Crippen molar-refractivity contribution in [2.24, 2.45) is 5.92 Å². The van der Waals surface area contributed by atoms with Crippen molar-refractivity contribution in [3.8, 4) is 5.75 Å². The van der Waals surface area contributed by atoms with Crippen molar-refractivity contribution in [2.45, 2.75) is 25.8 Å². The van der Waals surface area contributed by atoms with Crippen LogP contribution in [-0.4, -0.2) is 57.8 Å². The number of carbonyl (C=O) groups excluding carboxylic acids is 1. The second-order valence-electron chi connectivity index (χ2n) is 6.49. The number of aliphatic hydroxyl groups excluding tert-OH is 1. The number of hydrogen-bond donors (Lipinski definition) is 2. The van der Waals surface area contributed by atoms with Gasteiger partial charge in [0.15, 0.2) is 0 Å². The van der Waals surface area contributed by atoms with E-state index in [1.165, 1.54) is 0 Å². The molecule has 8 heteroatoms. The minimum Gasteiger partial charge on any atom is -0.495 e. The van der Waals surface area contributed by atoms with E-state index in [1.54, 1.807) is 11.8 Å². The Balaban J connectivity index is 1.57. The lowest BCUT2D eigenvalue weighted by atomic mass is 9.98. The molecule has 2 aromatic rings. The van der Waals surface area contributed by atoms with E-state index in [2.05, 4.69) is 15.6 Å². The number of nitrogens with zero attached hydrogens (tertiary/aromatic N) is 4. The van der Waals surface area contributed by atoms with Crippen molar-refractivity contribution in [3.63, 3.8) is 0 Å². The summed E-state index contributed by atoms with van der Waals surface area (Å²) in [4.78, 5) is 14.5. The molecule has 0 saturated carbocycles. The first kappa shape index (κ1) is 18.2. The molecule has 0 radical (unpaired) electrons. The largest absolute Gasteiger partial charge is 0.495 e. The number of likely N-dealkylation sites (tertiary alicyclic amines) is 1. The number of aromatic nitrogens is 3. The molecule has 1 unspecified atom stereocenters. The van der Waals surface area contributed by atoms with Gasteiger partial charge >= 0.3 is 6.03 Å². The second kappa shape index (κ2) is 8.66. The molecule has 1 fully saturated rings. The maximum atomic E-state index is 12.6. The monoisotopic (exact) mass is 359 g/mol. The number of rotatable bonds is 6. The number of amides is 2. The van der Waals surface area contributed by atoms with Crippen LogP contribution in [0.5, 0.6) is 5.75 Å². The molecule has 0 bridgehead atoms. The Bertz CT molecular complexity index is 733. The summed E-state index contributed by atoms with van der Waals surface area (Å²) in [6, 6.07) is 7.28. The Morgan fingerprint density at radius 1 is 1.42 bits per heavy atom. The van der Waals surface area contributed by atoms with Crippen LogP contribution < -0.4 is 10.1 Å². The van der Waals surface area contributed by atoms with Crippen LogP contribution in [0, 0.1) is 5.92 Å². The zero-order chi connectivity index (χ0) is 18.4. The molecule has 1 aliphatic heterocycles. The van der Waals surface area contributed by atoms with E-state index >= 15 is 0 Å². The number of ether oxygens (including phenoxy) is 1. The van der Waals surface area contributed by atoms with Crippen molar-refractivity contribution in [3.05, 3.63) is 36.2 Å². The summed E-state index contributed by atoms with van der Waals surface area (Å²) in [5.74, 6) is 0.976. The highest BCUT2D eigenvalue weighted by Crippen LogP contribution is 2.25. The first-order valence-electron chi connectivity index (χ1n) is 8.88. The van der Waals surface area contributed by atoms with Crippen LogP contribution >= 0.6 is 0 Å². The molecule has 1 aliphatic rings. The van der Waals surface area contributed by atoms with Gasteiger partial charge in [0.05, 0.1) is 18.5 Å². The summed E-state index contributed by atoms with van der Waals surface area (Å²) in [6.07, 6.45) is 4.39. The quantitative estimate of drug-likeness (QED) is 0.820. The molecule has 2 amide bonds. The normalized spacial score (nSPS) is 17.2. The minimum absolute atomic E-state index is 0.0685. The van der Waals surface area contributed by atoms with Gasteiger partial charge in [-0.1, -0.05) is 17.3 Å². The van der Waals surface area contributed by atoms with Gasteiger partial charge in [0.25, 0.3) is 0 Å². The van der Waals surface area contributed by atoms with Gasteiger partial charge in [-0.25, -0.2) is 4.79 Å². The van der Waals surface area contributed by atoms with Crippen LogP contribution in [0.1, 0.15) is 18.5 Å². The molecule has 8 nitrogen and oxygen atoms in total. The molecule has 26 heavy (non-hydrogen) atoms. The van der Waals surface area contributed by atoms with Crippen LogP contribution in [0.2, 0.25) is 0 Å². The highest BCUT2D eigenvalue weighted by Gasteiger charge is 2.25. The third-order valence-corrected chi connectivity index (χ3v) is 4.55. The zero-order valence-electron chi connectivity index (χ0n) is 15.0. The number of aliphatic hydroxyl groups is 1. The summed E-state index contributed by atoms with van der Waals surface area (Å²) in [7, 11) is 1.59. The molecule has 140 valence electrons. The average Bonchev–Trinajstić information content (AvgIpc) is 3.09. The topological polar surface area (TPSA) is 92.5 Å². The second-order valence-corrected chi connectivity index (χ2v) is 6.49. The Labute approximate surface area is 152 Å². The van der Waals surface area contributed by atoms with Gasteiger partial charge in [0.2, 0.25) is 0 Å². The lowest BCUT2D eigenvalue weighted by molar-refractivity contribution is 0.168. The van der Waals surface area contributed by atoms with Crippen molar-refractivity contribution >= 4 is 11.7 Å². The fraction of sp³-hybridized carbons (Fsp3) is 0.500. The van der Waals surface area contributed by atoms with Gasteiger partial charge in [-0.05, 0) is 30.9 Å². The van der Waals surface area contributed by atoms with Gasteiger partial charge in [0.1, 0.15) is 5.75 Å². The Morgan fingerprint density at radius 2 is 2.27 bits per heavy atom. The van der Waals surface area contributed by atoms with Gasteiger partial charge < -0.3 is 20.1 Å². The number of urea groups is 1. The molecule has 2 heterocycles.